The van der Waals surface area contributed by atoms with Crippen molar-refractivity contribution >= 4 is 39.8 Å². The number of carboxylic acid groups (broad SMARTS) is 1. The monoisotopic (exact) mass is 481 g/mol. The summed E-state index contributed by atoms with van der Waals surface area (Å²) in [6, 6.07) is 18.9. The van der Waals surface area contributed by atoms with E-state index in [1.165, 1.54) is 18.3 Å². The Kier molecular flexibility index (Phi) is 7.40. The van der Waals surface area contributed by atoms with Gasteiger partial charge in [-0.05, 0) is 75.9 Å². The van der Waals surface area contributed by atoms with E-state index in [1.54, 1.807) is 24.3 Å². The molecule has 0 bridgehead atoms. The number of anilines is 1. The van der Waals surface area contributed by atoms with Crippen LogP contribution >= 0.6 is 15.9 Å². The number of hydrazone groups is 1. The van der Waals surface area contributed by atoms with Gasteiger partial charge >= 0.3 is 12.0 Å². The summed E-state index contributed by atoms with van der Waals surface area (Å²) < 4.78 is 6.50. The van der Waals surface area contributed by atoms with Crippen LogP contribution in [0.25, 0.3) is 0 Å². The van der Waals surface area contributed by atoms with Crippen LogP contribution in [0.15, 0.2) is 76.3 Å². The average Bonchev–Trinajstić information content (AvgIpc) is 2.75. The summed E-state index contributed by atoms with van der Waals surface area (Å²) in [4.78, 5) is 22.9. The number of hydrogen-bond acceptors (Lipinski definition) is 4. The number of para-hydroxylation sites is 1. The molecule has 8 heteroatoms. The number of hydrogen-bond donors (Lipinski definition) is 3. The zero-order valence-corrected chi connectivity index (χ0v) is 18.2. The number of amides is 2. The van der Waals surface area contributed by atoms with E-state index < -0.39 is 12.0 Å². The highest BCUT2D eigenvalue weighted by Crippen LogP contribution is 2.26. The van der Waals surface area contributed by atoms with Crippen molar-refractivity contribution in [2.75, 3.05) is 5.32 Å². The second-order valence-corrected chi connectivity index (χ2v) is 7.47. The summed E-state index contributed by atoms with van der Waals surface area (Å²) in [6.07, 6.45) is 1.52. The second kappa shape index (κ2) is 10.4. The van der Waals surface area contributed by atoms with Gasteiger partial charge in [-0.2, -0.15) is 5.10 Å². The highest BCUT2D eigenvalue weighted by Gasteiger charge is 2.06. The van der Waals surface area contributed by atoms with Gasteiger partial charge in [-0.1, -0.05) is 30.3 Å². The number of benzene rings is 3. The molecule has 3 aromatic carbocycles. The molecule has 31 heavy (non-hydrogen) atoms. The predicted octanol–water partition coefficient (Wildman–Crippen LogP) is 5.19. The lowest BCUT2D eigenvalue weighted by Crippen LogP contribution is -2.24. The second-order valence-electron chi connectivity index (χ2n) is 6.62. The zero-order valence-electron chi connectivity index (χ0n) is 16.6. The molecule has 3 rings (SSSR count). The van der Waals surface area contributed by atoms with Crippen LogP contribution in [0, 0.1) is 6.92 Å². The van der Waals surface area contributed by atoms with Crippen LogP contribution in [-0.4, -0.2) is 23.3 Å². The fourth-order valence-corrected chi connectivity index (χ4v) is 3.16. The number of rotatable bonds is 7. The number of urea groups is 1. The van der Waals surface area contributed by atoms with E-state index in [1.807, 2.05) is 37.3 Å². The summed E-state index contributed by atoms with van der Waals surface area (Å²) in [5.41, 5.74) is 5.96. The van der Waals surface area contributed by atoms with Crippen LogP contribution in [0.1, 0.15) is 27.0 Å². The molecular weight excluding hydrogens is 462 g/mol. The van der Waals surface area contributed by atoms with Gasteiger partial charge in [0.2, 0.25) is 0 Å². The van der Waals surface area contributed by atoms with Crippen LogP contribution in [0.2, 0.25) is 0 Å². The van der Waals surface area contributed by atoms with Crippen molar-refractivity contribution in [2.24, 2.45) is 5.10 Å². The standard InChI is InChI=1S/C23H20BrN3O4/c1-15-4-2-3-5-20(15)26-23(30)27-25-13-17-8-11-21(19(24)12-17)31-14-16-6-9-18(10-7-16)22(28)29/h2-13H,14H2,1H3,(H,28,29)(H2,26,27,30). The summed E-state index contributed by atoms with van der Waals surface area (Å²) >= 11 is 3.46. The third-order valence-electron chi connectivity index (χ3n) is 4.32. The van der Waals surface area contributed by atoms with Crippen LogP contribution in [0.4, 0.5) is 10.5 Å². The van der Waals surface area contributed by atoms with Crippen molar-refractivity contribution in [3.05, 3.63) is 93.5 Å². The van der Waals surface area contributed by atoms with Gasteiger partial charge < -0.3 is 15.2 Å². The van der Waals surface area contributed by atoms with E-state index in [0.29, 0.717) is 12.4 Å². The molecule has 0 aromatic heterocycles. The first-order valence-electron chi connectivity index (χ1n) is 9.32. The van der Waals surface area contributed by atoms with E-state index in [4.69, 9.17) is 9.84 Å². The maximum atomic E-state index is 12.0. The Bertz CT molecular complexity index is 1110. The minimum atomic E-state index is -0.963. The van der Waals surface area contributed by atoms with Crippen molar-refractivity contribution in [1.82, 2.24) is 5.43 Å². The van der Waals surface area contributed by atoms with Crippen molar-refractivity contribution in [1.29, 1.82) is 0 Å². The van der Waals surface area contributed by atoms with Crippen LogP contribution < -0.4 is 15.5 Å². The van der Waals surface area contributed by atoms with Crippen LogP contribution in [0.3, 0.4) is 0 Å². The number of halogens is 1. The fraction of sp³-hybridized carbons (Fsp3) is 0.0870. The molecule has 0 unspecified atom stereocenters. The van der Waals surface area contributed by atoms with Gasteiger partial charge in [-0.3, -0.25) is 0 Å². The smallest absolute Gasteiger partial charge is 0.339 e. The topological polar surface area (TPSA) is 100 Å². The lowest BCUT2D eigenvalue weighted by Gasteiger charge is -2.09. The Morgan fingerprint density at radius 3 is 2.52 bits per heavy atom. The van der Waals surface area contributed by atoms with Crippen molar-refractivity contribution < 1.29 is 19.4 Å². The van der Waals surface area contributed by atoms with Gasteiger partial charge in [0, 0.05) is 5.69 Å². The lowest BCUT2D eigenvalue weighted by atomic mass is 10.1. The van der Waals surface area contributed by atoms with E-state index in [9.17, 15) is 9.59 Å². The molecule has 0 aliphatic heterocycles. The van der Waals surface area contributed by atoms with E-state index in [0.717, 1.165) is 26.9 Å². The summed E-state index contributed by atoms with van der Waals surface area (Å²) in [5, 5.41) is 15.6. The van der Waals surface area contributed by atoms with E-state index in [2.05, 4.69) is 31.8 Å². The maximum absolute atomic E-state index is 12.0. The number of carbonyl (C=O) groups excluding carboxylic acids is 1. The molecule has 7 nitrogen and oxygen atoms in total. The fourth-order valence-electron chi connectivity index (χ4n) is 2.65. The van der Waals surface area contributed by atoms with Gasteiger partial charge in [0.25, 0.3) is 0 Å². The maximum Gasteiger partial charge on any atom is 0.339 e. The van der Waals surface area contributed by atoms with Crippen molar-refractivity contribution in [2.45, 2.75) is 13.5 Å². The molecule has 0 fully saturated rings. The van der Waals surface area contributed by atoms with Crippen molar-refractivity contribution in [3.63, 3.8) is 0 Å². The molecule has 3 aromatic rings. The van der Waals surface area contributed by atoms with Crippen LogP contribution in [-0.2, 0) is 6.61 Å². The third-order valence-corrected chi connectivity index (χ3v) is 4.94. The molecule has 0 aliphatic rings. The Morgan fingerprint density at radius 1 is 1.10 bits per heavy atom. The first-order valence-corrected chi connectivity index (χ1v) is 10.1. The molecule has 0 aliphatic carbocycles. The summed E-state index contributed by atoms with van der Waals surface area (Å²) in [7, 11) is 0. The number of aromatic carboxylic acids is 1. The van der Waals surface area contributed by atoms with E-state index in [-0.39, 0.29) is 5.56 Å². The minimum Gasteiger partial charge on any atom is -0.488 e. The quantitative estimate of drug-likeness (QED) is 0.319. The zero-order chi connectivity index (χ0) is 22.2. The molecule has 0 heterocycles. The molecular formula is C23H20BrN3O4. The highest BCUT2D eigenvalue weighted by molar-refractivity contribution is 9.10. The Balaban J connectivity index is 1.53. The molecule has 3 N–H and O–H groups in total. The number of carbonyl (C=O) groups is 2. The number of ether oxygens (including phenoxy) is 1. The molecule has 0 spiro atoms. The SMILES string of the molecule is Cc1ccccc1NC(=O)NN=Cc1ccc(OCc2ccc(C(=O)O)cc2)c(Br)c1. The number of nitrogens with zero attached hydrogens (tertiary/aromatic N) is 1. The lowest BCUT2D eigenvalue weighted by molar-refractivity contribution is 0.0696. The molecule has 2 amide bonds. The van der Waals surface area contributed by atoms with Gasteiger partial charge in [0.05, 0.1) is 16.3 Å². The average molecular weight is 482 g/mol. The van der Waals surface area contributed by atoms with Gasteiger partial charge in [-0.25, -0.2) is 15.0 Å². The predicted molar refractivity (Wildman–Crippen MR) is 123 cm³/mol. The normalized spacial score (nSPS) is 10.6. The first kappa shape index (κ1) is 22.0. The Hall–Kier alpha value is -3.65. The third kappa shape index (κ3) is 6.42. The Labute approximate surface area is 187 Å². The van der Waals surface area contributed by atoms with Crippen LogP contribution in [0.5, 0.6) is 5.75 Å². The van der Waals surface area contributed by atoms with Gasteiger partial charge in [-0.15, -0.1) is 0 Å². The van der Waals surface area contributed by atoms with Gasteiger partial charge in [0.1, 0.15) is 12.4 Å². The van der Waals surface area contributed by atoms with Gasteiger partial charge in [0.15, 0.2) is 0 Å². The molecule has 0 atom stereocenters. The van der Waals surface area contributed by atoms with E-state index >= 15 is 0 Å². The summed E-state index contributed by atoms with van der Waals surface area (Å²) in [6.45, 7) is 2.21. The molecule has 0 saturated carbocycles. The first-order chi connectivity index (χ1) is 14.9. The molecule has 0 saturated heterocycles. The number of carboxylic acids is 1. The van der Waals surface area contributed by atoms with Crippen molar-refractivity contribution in [3.8, 4) is 5.75 Å². The minimum absolute atomic E-state index is 0.231. The highest BCUT2D eigenvalue weighted by atomic mass is 79.9. The number of nitrogens with one attached hydrogen (secondary N) is 2. The number of aryl methyl sites for hydroxylation is 1. The Morgan fingerprint density at radius 2 is 1.84 bits per heavy atom. The summed E-state index contributed by atoms with van der Waals surface area (Å²) in [5.74, 6) is -0.334. The molecule has 158 valence electrons. The largest absolute Gasteiger partial charge is 0.488 e. The molecule has 0 radical (unpaired) electrons.